The minimum atomic E-state index is -3.37. The summed E-state index contributed by atoms with van der Waals surface area (Å²) in [5.41, 5.74) is 0. The summed E-state index contributed by atoms with van der Waals surface area (Å²) in [5, 5.41) is 0.143. The third kappa shape index (κ3) is 2.38. The summed E-state index contributed by atoms with van der Waals surface area (Å²) in [6.07, 6.45) is 5.84. The molecule has 2 unspecified atom stereocenters. The molecular weight excluding hydrogens is 214 g/mol. The molecule has 1 aromatic rings. The maximum Gasteiger partial charge on any atom is 0.257 e. The molecule has 1 fully saturated rings. The fourth-order valence-corrected chi connectivity index (χ4v) is 2.96. The van der Waals surface area contributed by atoms with Gasteiger partial charge in [0.25, 0.3) is 10.0 Å². The molecule has 1 aromatic heterocycles. The van der Waals surface area contributed by atoms with Crippen LogP contribution in [0.1, 0.15) is 26.2 Å². The van der Waals surface area contributed by atoms with Gasteiger partial charge in [-0.1, -0.05) is 13.3 Å². The van der Waals surface area contributed by atoms with E-state index in [1.807, 2.05) is 0 Å². The Kier molecular flexibility index (Phi) is 2.79. The first-order chi connectivity index (χ1) is 7.13. The van der Waals surface area contributed by atoms with Crippen molar-refractivity contribution in [2.75, 3.05) is 0 Å². The topological polar surface area (TPSA) is 74.8 Å². The van der Waals surface area contributed by atoms with Crippen molar-refractivity contribution in [1.82, 2.24) is 14.7 Å². The minimum Gasteiger partial charge on any atom is -0.335 e. The summed E-state index contributed by atoms with van der Waals surface area (Å²) in [7, 11) is -3.37. The predicted molar refractivity (Wildman–Crippen MR) is 55.7 cm³/mol. The predicted octanol–water partition coefficient (Wildman–Crippen LogP) is 0.877. The molecule has 0 aromatic carbocycles. The molecule has 6 heteroatoms. The molecule has 0 bridgehead atoms. The van der Waals surface area contributed by atoms with Crippen LogP contribution in [-0.4, -0.2) is 24.4 Å². The second-order valence-corrected chi connectivity index (χ2v) is 5.61. The number of aromatic nitrogens is 2. The van der Waals surface area contributed by atoms with Gasteiger partial charge in [0.15, 0.2) is 5.03 Å². The van der Waals surface area contributed by atoms with Gasteiger partial charge in [0, 0.05) is 6.04 Å². The minimum absolute atomic E-state index is 0.123. The third-order valence-electron chi connectivity index (χ3n) is 2.65. The van der Waals surface area contributed by atoms with E-state index in [0.717, 1.165) is 19.3 Å². The molecule has 0 aliphatic heterocycles. The Morgan fingerprint density at radius 3 is 3.07 bits per heavy atom. The van der Waals surface area contributed by atoms with Gasteiger partial charge >= 0.3 is 0 Å². The number of hydrogen-bond acceptors (Lipinski definition) is 3. The van der Waals surface area contributed by atoms with Gasteiger partial charge in [0.2, 0.25) is 0 Å². The molecule has 0 spiro atoms. The van der Waals surface area contributed by atoms with Crippen LogP contribution in [0.5, 0.6) is 0 Å². The van der Waals surface area contributed by atoms with Crippen molar-refractivity contribution in [3.63, 3.8) is 0 Å². The second kappa shape index (κ2) is 3.94. The lowest BCUT2D eigenvalue weighted by atomic mass is 10.2. The maximum absolute atomic E-state index is 11.7. The van der Waals surface area contributed by atoms with Crippen molar-refractivity contribution in [3.05, 3.63) is 12.5 Å². The van der Waals surface area contributed by atoms with Gasteiger partial charge in [-0.2, -0.15) is 0 Å². The van der Waals surface area contributed by atoms with Gasteiger partial charge in [-0.15, -0.1) is 0 Å². The monoisotopic (exact) mass is 229 g/mol. The zero-order valence-electron chi connectivity index (χ0n) is 8.60. The quantitative estimate of drug-likeness (QED) is 0.787. The molecule has 2 rings (SSSR count). The number of nitrogens with zero attached hydrogens (tertiary/aromatic N) is 1. The molecule has 0 amide bonds. The summed E-state index contributed by atoms with van der Waals surface area (Å²) >= 11 is 0. The van der Waals surface area contributed by atoms with E-state index in [-0.39, 0.29) is 11.1 Å². The van der Waals surface area contributed by atoms with Gasteiger partial charge in [-0.05, 0) is 18.8 Å². The van der Waals surface area contributed by atoms with Crippen molar-refractivity contribution in [3.8, 4) is 0 Å². The summed E-state index contributed by atoms with van der Waals surface area (Å²) in [6.45, 7) is 2.11. The Hall–Kier alpha value is -0.880. The number of aromatic amines is 1. The SMILES string of the molecule is CCCC1CC1NS(=O)(=O)c1cnc[nH]1. The first kappa shape index (κ1) is 10.6. The van der Waals surface area contributed by atoms with Crippen LogP contribution < -0.4 is 4.72 Å². The summed E-state index contributed by atoms with van der Waals surface area (Å²) in [5.74, 6) is 0.521. The molecule has 1 aliphatic carbocycles. The van der Waals surface area contributed by atoms with E-state index in [9.17, 15) is 8.42 Å². The smallest absolute Gasteiger partial charge is 0.257 e. The Morgan fingerprint density at radius 2 is 2.47 bits per heavy atom. The van der Waals surface area contributed by atoms with Crippen LogP contribution in [0.3, 0.4) is 0 Å². The van der Waals surface area contributed by atoms with Gasteiger partial charge in [-0.3, -0.25) is 0 Å². The van der Waals surface area contributed by atoms with Crippen LogP contribution in [-0.2, 0) is 10.0 Å². The molecule has 5 nitrogen and oxygen atoms in total. The molecule has 2 N–H and O–H groups in total. The number of hydrogen-bond donors (Lipinski definition) is 2. The molecular formula is C9H15N3O2S. The lowest BCUT2D eigenvalue weighted by molar-refractivity contribution is 0.570. The van der Waals surface area contributed by atoms with E-state index in [1.54, 1.807) is 0 Å². The van der Waals surface area contributed by atoms with Crippen molar-refractivity contribution >= 4 is 10.0 Å². The van der Waals surface area contributed by atoms with Gasteiger partial charge < -0.3 is 4.98 Å². The average molecular weight is 229 g/mol. The summed E-state index contributed by atoms with van der Waals surface area (Å²) < 4.78 is 26.1. The highest BCUT2D eigenvalue weighted by Gasteiger charge is 2.39. The highest BCUT2D eigenvalue weighted by molar-refractivity contribution is 7.89. The van der Waals surface area contributed by atoms with Crippen LogP contribution in [0.15, 0.2) is 17.6 Å². The van der Waals surface area contributed by atoms with Crippen LogP contribution >= 0.6 is 0 Å². The lowest BCUT2D eigenvalue weighted by Crippen LogP contribution is -2.27. The van der Waals surface area contributed by atoms with Crippen LogP contribution in [0.25, 0.3) is 0 Å². The first-order valence-corrected chi connectivity index (χ1v) is 6.62. The molecule has 0 saturated heterocycles. The molecule has 1 heterocycles. The Bertz CT molecular complexity index is 413. The van der Waals surface area contributed by atoms with Crippen molar-refractivity contribution in [1.29, 1.82) is 0 Å². The van der Waals surface area contributed by atoms with Crippen LogP contribution in [0.4, 0.5) is 0 Å². The number of imidazole rings is 1. The normalized spacial score (nSPS) is 25.4. The van der Waals surface area contributed by atoms with Gasteiger partial charge in [0.05, 0.1) is 12.5 Å². The third-order valence-corrected chi connectivity index (χ3v) is 4.07. The van der Waals surface area contributed by atoms with Gasteiger partial charge in [0.1, 0.15) is 0 Å². The highest BCUT2D eigenvalue weighted by Crippen LogP contribution is 2.35. The van der Waals surface area contributed by atoms with E-state index < -0.39 is 10.0 Å². The Morgan fingerprint density at radius 1 is 1.67 bits per heavy atom. The fraction of sp³-hybridized carbons (Fsp3) is 0.667. The van der Waals surface area contributed by atoms with Crippen molar-refractivity contribution in [2.45, 2.75) is 37.3 Å². The second-order valence-electron chi connectivity index (χ2n) is 3.93. The Labute approximate surface area is 89.4 Å². The summed E-state index contributed by atoms with van der Waals surface area (Å²) in [6, 6.07) is 0.123. The van der Waals surface area contributed by atoms with Crippen molar-refractivity contribution in [2.24, 2.45) is 5.92 Å². The van der Waals surface area contributed by atoms with E-state index in [4.69, 9.17) is 0 Å². The van der Waals surface area contributed by atoms with E-state index in [2.05, 4.69) is 21.6 Å². The highest BCUT2D eigenvalue weighted by atomic mass is 32.2. The number of rotatable bonds is 5. The molecule has 2 atom stereocenters. The number of nitrogens with one attached hydrogen (secondary N) is 2. The van der Waals surface area contributed by atoms with Gasteiger partial charge in [-0.25, -0.2) is 18.1 Å². The number of sulfonamides is 1. The molecule has 84 valence electrons. The summed E-state index contributed by atoms with van der Waals surface area (Å²) in [4.78, 5) is 6.29. The lowest BCUT2D eigenvalue weighted by Gasteiger charge is -2.03. The van der Waals surface area contributed by atoms with Crippen LogP contribution in [0, 0.1) is 5.92 Å². The zero-order valence-corrected chi connectivity index (χ0v) is 9.42. The molecule has 1 aliphatic rings. The van der Waals surface area contributed by atoms with E-state index >= 15 is 0 Å². The molecule has 0 radical (unpaired) electrons. The van der Waals surface area contributed by atoms with Crippen LogP contribution in [0.2, 0.25) is 0 Å². The fourth-order valence-electron chi connectivity index (χ4n) is 1.73. The average Bonchev–Trinajstić information content (AvgIpc) is 2.72. The Balaban J connectivity index is 1.96. The largest absolute Gasteiger partial charge is 0.335 e. The number of H-pyrrole nitrogens is 1. The zero-order chi connectivity index (χ0) is 10.9. The maximum atomic E-state index is 11.7. The molecule has 15 heavy (non-hydrogen) atoms. The first-order valence-electron chi connectivity index (χ1n) is 5.14. The molecule has 1 saturated carbocycles. The standard InChI is InChI=1S/C9H15N3O2S/c1-2-3-7-4-8(7)12-15(13,14)9-5-10-6-11-9/h5-8,12H,2-4H2,1H3,(H,10,11). The van der Waals surface area contributed by atoms with E-state index in [0.29, 0.717) is 5.92 Å². The van der Waals surface area contributed by atoms with Crippen molar-refractivity contribution < 1.29 is 8.42 Å². The van der Waals surface area contributed by atoms with E-state index in [1.165, 1.54) is 12.5 Å².